The largest absolute Gasteiger partial charge is 0.276 e. The smallest absolute Gasteiger partial charge is 0.267 e. The molecule has 2 aromatic rings. The fourth-order valence-electron chi connectivity index (χ4n) is 2.12. The van der Waals surface area contributed by atoms with Crippen molar-refractivity contribution in [1.29, 1.82) is 0 Å². The lowest BCUT2D eigenvalue weighted by molar-refractivity contribution is -0.126. The van der Waals surface area contributed by atoms with Crippen LogP contribution in [0.1, 0.15) is 17.4 Å². The van der Waals surface area contributed by atoms with E-state index in [1.165, 1.54) is 5.01 Å². The number of carbonyl (C=O) groups is 1. The van der Waals surface area contributed by atoms with E-state index in [2.05, 4.69) is 5.10 Å². The average molecular weight is 282 g/mol. The Morgan fingerprint density at radius 2 is 2.00 bits per heavy atom. The lowest BCUT2D eigenvalue weighted by atomic mass is 10.1. The summed E-state index contributed by atoms with van der Waals surface area (Å²) >= 11 is 1.62. The number of benzene rings is 1. The number of hydrazone groups is 1. The van der Waals surface area contributed by atoms with Gasteiger partial charge in [-0.25, -0.2) is 5.01 Å². The summed E-state index contributed by atoms with van der Waals surface area (Å²) in [6.45, 7) is 2.39. The third kappa shape index (κ3) is 2.56. The summed E-state index contributed by atoms with van der Waals surface area (Å²) in [5.74, 6) is -0.0280. The molecule has 0 bridgehead atoms. The predicted octanol–water partition coefficient (Wildman–Crippen LogP) is 3.55. The lowest BCUT2D eigenvalue weighted by Gasteiger charge is -2.11. The highest BCUT2D eigenvalue weighted by Gasteiger charge is 2.27. The summed E-state index contributed by atoms with van der Waals surface area (Å²) in [7, 11) is 0. The molecule has 2 heterocycles. The van der Waals surface area contributed by atoms with E-state index in [0.29, 0.717) is 12.1 Å². The topological polar surface area (TPSA) is 32.7 Å². The Balaban J connectivity index is 1.82. The van der Waals surface area contributed by atoms with Crippen molar-refractivity contribution in [2.24, 2.45) is 5.10 Å². The van der Waals surface area contributed by atoms with Crippen molar-refractivity contribution in [3.63, 3.8) is 0 Å². The average Bonchev–Trinajstić information content (AvgIpc) is 3.05. The molecule has 1 amide bonds. The molecule has 0 radical (unpaired) electrons. The first-order chi connectivity index (χ1) is 9.74. The van der Waals surface area contributed by atoms with Gasteiger partial charge < -0.3 is 0 Å². The zero-order valence-corrected chi connectivity index (χ0v) is 11.9. The Hall–Kier alpha value is -2.20. The van der Waals surface area contributed by atoms with Crippen LogP contribution in [0.2, 0.25) is 0 Å². The summed E-state index contributed by atoms with van der Waals surface area (Å²) in [5, 5.41) is 7.90. The number of amides is 1. The number of hydrogen-bond donors (Lipinski definition) is 0. The molecule has 0 aliphatic carbocycles. The van der Waals surface area contributed by atoms with Gasteiger partial charge in [0.15, 0.2) is 0 Å². The van der Waals surface area contributed by atoms with Gasteiger partial charge in [0.25, 0.3) is 5.91 Å². The van der Waals surface area contributed by atoms with Gasteiger partial charge in [-0.1, -0.05) is 36.4 Å². The van der Waals surface area contributed by atoms with Crippen LogP contribution in [0.5, 0.6) is 0 Å². The monoisotopic (exact) mass is 282 g/mol. The van der Waals surface area contributed by atoms with Crippen molar-refractivity contribution in [3.05, 3.63) is 63.9 Å². The number of carbonyl (C=O) groups excluding carboxylic acids is 1. The maximum Gasteiger partial charge on any atom is 0.276 e. The zero-order chi connectivity index (χ0) is 13.9. The Morgan fingerprint density at radius 3 is 2.70 bits per heavy atom. The molecule has 1 aromatic heterocycles. The van der Waals surface area contributed by atoms with E-state index in [-0.39, 0.29) is 5.91 Å². The van der Waals surface area contributed by atoms with E-state index in [1.807, 2.05) is 60.8 Å². The molecule has 100 valence electrons. The van der Waals surface area contributed by atoms with Gasteiger partial charge in [0.1, 0.15) is 0 Å². The molecule has 20 heavy (non-hydrogen) atoms. The Kier molecular flexibility index (Phi) is 3.48. The van der Waals surface area contributed by atoms with Gasteiger partial charge in [0.05, 0.1) is 17.8 Å². The standard InChI is InChI=1S/C16H14N2OS/c1-12-15(10-14-8-5-9-20-14)16(19)18(17-12)11-13-6-3-2-4-7-13/h2-10H,11H2,1H3/b15-10+. The second-order valence-electron chi connectivity index (χ2n) is 4.61. The molecule has 0 fully saturated rings. The fraction of sp³-hybridized carbons (Fsp3) is 0.125. The Labute approximate surface area is 121 Å². The van der Waals surface area contributed by atoms with Crippen LogP contribution < -0.4 is 0 Å². The van der Waals surface area contributed by atoms with Crippen LogP contribution in [0.15, 0.2) is 58.5 Å². The Morgan fingerprint density at radius 1 is 1.20 bits per heavy atom. The highest BCUT2D eigenvalue weighted by Crippen LogP contribution is 2.22. The first kappa shape index (κ1) is 12.8. The van der Waals surface area contributed by atoms with E-state index < -0.39 is 0 Å². The maximum absolute atomic E-state index is 12.4. The van der Waals surface area contributed by atoms with Crippen molar-refractivity contribution in [1.82, 2.24) is 5.01 Å². The summed E-state index contributed by atoms with van der Waals surface area (Å²) in [5.41, 5.74) is 2.54. The zero-order valence-electron chi connectivity index (χ0n) is 11.1. The number of thiophene rings is 1. The van der Waals surface area contributed by atoms with Crippen LogP contribution in [0.25, 0.3) is 6.08 Å². The van der Waals surface area contributed by atoms with Gasteiger partial charge in [-0.05, 0) is 30.0 Å². The molecule has 0 N–H and O–H groups in total. The van der Waals surface area contributed by atoms with E-state index in [9.17, 15) is 4.79 Å². The van der Waals surface area contributed by atoms with Crippen LogP contribution in [0.3, 0.4) is 0 Å². The molecular weight excluding hydrogens is 268 g/mol. The van der Waals surface area contributed by atoms with Gasteiger partial charge in [-0.2, -0.15) is 5.10 Å². The van der Waals surface area contributed by atoms with E-state index in [1.54, 1.807) is 11.3 Å². The van der Waals surface area contributed by atoms with Crippen LogP contribution in [-0.4, -0.2) is 16.6 Å². The van der Waals surface area contributed by atoms with E-state index in [4.69, 9.17) is 0 Å². The first-order valence-corrected chi connectivity index (χ1v) is 7.28. The molecule has 4 heteroatoms. The van der Waals surface area contributed by atoms with Crippen molar-refractivity contribution < 1.29 is 4.79 Å². The molecule has 0 spiro atoms. The maximum atomic E-state index is 12.4. The second kappa shape index (κ2) is 5.43. The summed E-state index contributed by atoms with van der Waals surface area (Å²) in [6.07, 6.45) is 1.91. The van der Waals surface area contributed by atoms with Crippen molar-refractivity contribution in [3.8, 4) is 0 Å². The third-order valence-electron chi connectivity index (χ3n) is 3.13. The number of rotatable bonds is 3. The fourth-order valence-corrected chi connectivity index (χ4v) is 2.78. The number of nitrogens with zero attached hydrogens (tertiary/aromatic N) is 2. The van der Waals surface area contributed by atoms with Crippen molar-refractivity contribution in [2.75, 3.05) is 0 Å². The summed E-state index contributed by atoms with van der Waals surface area (Å²) in [4.78, 5) is 13.5. The van der Waals surface area contributed by atoms with Crippen LogP contribution in [-0.2, 0) is 11.3 Å². The van der Waals surface area contributed by atoms with E-state index in [0.717, 1.165) is 16.2 Å². The minimum atomic E-state index is -0.0280. The molecule has 0 unspecified atom stereocenters. The van der Waals surface area contributed by atoms with Gasteiger partial charge in [0.2, 0.25) is 0 Å². The van der Waals surface area contributed by atoms with Gasteiger partial charge >= 0.3 is 0 Å². The molecule has 3 rings (SSSR count). The molecule has 0 saturated carbocycles. The van der Waals surface area contributed by atoms with Gasteiger partial charge in [0, 0.05) is 4.88 Å². The summed E-state index contributed by atoms with van der Waals surface area (Å²) < 4.78 is 0. The minimum Gasteiger partial charge on any atom is -0.267 e. The Bertz CT molecular complexity index is 672. The minimum absolute atomic E-state index is 0.0280. The third-order valence-corrected chi connectivity index (χ3v) is 3.95. The van der Waals surface area contributed by atoms with Gasteiger partial charge in [-0.15, -0.1) is 11.3 Å². The molecule has 0 atom stereocenters. The number of hydrogen-bond acceptors (Lipinski definition) is 3. The molecule has 1 aliphatic heterocycles. The molecule has 1 aromatic carbocycles. The molecule has 0 saturated heterocycles. The van der Waals surface area contributed by atoms with Gasteiger partial charge in [-0.3, -0.25) is 4.79 Å². The first-order valence-electron chi connectivity index (χ1n) is 6.40. The van der Waals surface area contributed by atoms with E-state index >= 15 is 0 Å². The normalized spacial score (nSPS) is 16.9. The second-order valence-corrected chi connectivity index (χ2v) is 5.59. The summed E-state index contributed by atoms with van der Waals surface area (Å²) in [6, 6.07) is 13.9. The predicted molar refractivity (Wildman–Crippen MR) is 82.4 cm³/mol. The molecule has 1 aliphatic rings. The van der Waals surface area contributed by atoms with Crippen molar-refractivity contribution >= 4 is 29.0 Å². The highest BCUT2D eigenvalue weighted by atomic mass is 32.1. The molecule has 3 nitrogen and oxygen atoms in total. The lowest BCUT2D eigenvalue weighted by Crippen LogP contribution is -2.21. The van der Waals surface area contributed by atoms with Crippen LogP contribution in [0, 0.1) is 0 Å². The highest BCUT2D eigenvalue weighted by molar-refractivity contribution is 7.10. The SMILES string of the molecule is CC1=NN(Cc2ccccc2)C(=O)/C1=C/c1cccs1. The van der Waals surface area contributed by atoms with Crippen LogP contribution >= 0.6 is 11.3 Å². The van der Waals surface area contributed by atoms with Crippen molar-refractivity contribution in [2.45, 2.75) is 13.5 Å². The molecular formula is C16H14N2OS. The quantitative estimate of drug-likeness (QED) is 0.792. The van der Waals surface area contributed by atoms with Crippen LogP contribution in [0.4, 0.5) is 0 Å².